The second-order valence-electron chi connectivity index (χ2n) is 4.69. The van der Waals surface area contributed by atoms with Gasteiger partial charge in [-0.1, -0.05) is 12.8 Å². The minimum absolute atomic E-state index is 0.0401. The van der Waals surface area contributed by atoms with E-state index in [1.807, 2.05) is 0 Å². The summed E-state index contributed by atoms with van der Waals surface area (Å²) in [4.78, 5) is 11.8. The molecule has 1 fully saturated rings. The third-order valence-corrected chi connectivity index (χ3v) is 3.06. The molecule has 0 spiro atoms. The average Bonchev–Trinajstić information content (AvgIpc) is 3.07. The highest BCUT2D eigenvalue weighted by molar-refractivity contribution is 5.95. The van der Waals surface area contributed by atoms with Gasteiger partial charge in [0.1, 0.15) is 5.82 Å². The number of halogens is 1. The van der Waals surface area contributed by atoms with E-state index in [4.69, 9.17) is 5.73 Å². The lowest BCUT2D eigenvalue weighted by molar-refractivity contribution is 0.0948. The van der Waals surface area contributed by atoms with Gasteiger partial charge in [-0.25, -0.2) is 4.39 Å². The Labute approximate surface area is 100 Å². The van der Waals surface area contributed by atoms with E-state index < -0.39 is 5.82 Å². The van der Waals surface area contributed by atoms with Crippen LogP contribution in [0.25, 0.3) is 0 Å². The van der Waals surface area contributed by atoms with E-state index in [1.54, 1.807) is 6.92 Å². The van der Waals surface area contributed by atoms with Crippen molar-refractivity contribution in [2.45, 2.75) is 26.2 Å². The molecule has 0 radical (unpaired) electrons. The molecular formula is C13H17FN2O. The number of carbonyl (C=O) groups excluding carboxylic acids is 1. The van der Waals surface area contributed by atoms with E-state index in [1.165, 1.54) is 25.0 Å². The Morgan fingerprint density at radius 1 is 1.53 bits per heavy atom. The van der Waals surface area contributed by atoms with E-state index in [2.05, 4.69) is 5.32 Å². The molecule has 1 amide bonds. The van der Waals surface area contributed by atoms with Crippen LogP contribution in [-0.2, 0) is 0 Å². The molecule has 0 unspecified atom stereocenters. The van der Waals surface area contributed by atoms with E-state index in [9.17, 15) is 9.18 Å². The summed E-state index contributed by atoms with van der Waals surface area (Å²) in [5.74, 6) is -0.107. The summed E-state index contributed by atoms with van der Waals surface area (Å²) in [6.07, 6.45) is 3.48. The fraction of sp³-hybridized carbons (Fsp3) is 0.462. The van der Waals surface area contributed by atoms with Crippen LogP contribution in [-0.4, -0.2) is 12.5 Å². The normalized spacial score (nSPS) is 14.7. The molecule has 1 aliphatic rings. The number of nitrogens with two attached hydrogens (primary N) is 1. The van der Waals surface area contributed by atoms with E-state index in [-0.39, 0.29) is 11.5 Å². The molecule has 4 heteroatoms. The number of carbonyl (C=O) groups is 1. The summed E-state index contributed by atoms with van der Waals surface area (Å²) in [5, 5.41) is 2.73. The van der Waals surface area contributed by atoms with Crippen LogP contribution in [0.3, 0.4) is 0 Å². The van der Waals surface area contributed by atoms with Crippen molar-refractivity contribution < 1.29 is 9.18 Å². The van der Waals surface area contributed by atoms with Crippen LogP contribution in [0.4, 0.5) is 10.1 Å². The third kappa shape index (κ3) is 2.96. The molecule has 0 aliphatic heterocycles. The molecule has 1 aliphatic carbocycles. The van der Waals surface area contributed by atoms with Gasteiger partial charge in [0, 0.05) is 12.2 Å². The van der Waals surface area contributed by atoms with Crippen LogP contribution in [0, 0.1) is 18.7 Å². The van der Waals surface area contributed by atoms with Gasteiger partial charge in [0.25, 0.3) is 5.91 Å². The summed E-state index contributed by atoms with van der Waals surface area (Å²) in [5.41, 5.74) is 6.46. The Kier molecular flexibility index (Phi) is 3.31. The van der Waals surface area contributed by atoms with Gasteiger partial charge in [-0.05, 0) is 37.0 Å². The lowest BCUT2D eigenvalue weighted by Gasteiger charge is -2.08. The summed E-state index contributed by atoms with van der Waals surface area (Å²) in [6, 6.07) is 2.91. The maximum absolute atomic E-state index is 13.7. The van der Waals surface area contributed by atoms with Crippen LogP contribution in [0.5, 0.6) is 0 Å². The Hall–Kier alpha value is -1.58. The highest BCUT2D eigenvalue weighted by Crippen LogP contribution is 2.31. The number of hydrogen-bond donors (Lipinski definition) is 2. The number of rotatable bonds is 4. The second kappa shape index (κ2) is 4.73. The predicted molar refractivity (Wildman–Crippen MR) is 65.2 cm³/mol. The highest BCUT2D eigenvalue weighted by Gasteiger charge is 2.21. The van der Waals surface area contributed by atoms with Gasteiger partial charge in [-0.3, -0.25) is 4.79 Å². The topological polar surface area (TPSA) is 55.1 Å². The smallest absolute Gasteiger partial charge is 0.254 e. The zero-order valence-corrected chi connectivity index (χ0v) is 9.92. The van der Waals surface area contributed by atoms with E-state index >= 15 is 0 Å². The first-order valence-electron chi connectivity index (χ1n) is 5.91. The summed E-state index contributed by atoms with van der Waals surface area (Å²) >= 11 is 0. The fourth-order valence-electron chi connectivity index (χ4n) is 1.85. The Balaban J connectivity index is 2.01. The predicted octanol–water partition coefficient (Wildman–Crippen LogP) is 2.25. The standard InChI is InChI=1S/C13H17FN2O/c1-8-6-10(15)7-11(12(8)14)13(17)16-5-4-9-2-3-9/h6-7,9H,2-5,15H2,1H3,(H,16,17). The Morgan fingerprint density at radius 3 is 2.88 bits per heavy atom. The zero-order chi connectivity index (χ0) is 12.4. The van der Waals surface area contributed by atoms with Crippen LogP contribution >= 0.6 is 0 Å². The number of hydrogen-bond acceptors (Lipinski definition) is 2. The van der Waals surface area contributed by atoms with Crippen molar-refractivity contribution in [3.8, 4) is 0 Å². The van der Waals surface area contributed by atoms with Crippen molar-refractivity contribution in [3.63, 3.8) is 0 Å². The molecular weight excluding hydrogens is 219 g/mol. The van der Waals surface area contributed by atoms with Crippen molar-refractivity contribution in [2.24, 2.45) is 5.92 Å². The maximum atomic E-state index is 13.7. The monoisotopic (exact) mass is 236 g/mol. The van der Waals surface area contributed by atoms with Gasteiger partial charge >= 0.3 is 0 Å². The molecule has 17 heavy (non-hydrogen) atoms. The highest BCUT2D eigenvalue weighted by atomic mass is 19.1. The lowest BCUT2D eigenvalue weighted by Crippen LogP contribution is -2.26. The number of aryl methyl sites for hydroxylation is 1. The summed E-state index contributed by atoms with van der Waals surface area (Å²) < 4.78 is 13.7. The van der Waals surface area contributed by atoms with Gasteiger partial charge in [0.15, 0.2) is 0 Å². The molecule has 2 rings (SSSR count). The molecule has 92 valence electrons. The van der Waals surface area contributed by atoms with Crippen molar-refractivity contribution in [2.75, 3.05) is 12.3 Å². The molecule has 3 nitrogen and oxygen atoms in total. The summed E-state index contributed by atoms with van der Waals surface area (Å²) in [6.45, 7) is 2.21. The largest absolute Gasteiger partial charge is 0.399 e. The van der Waals surface area contributed by atoms with E-state index in [0.29, 0.717) is 17.8 Å². The van der Waals surface area contributed by atoms with Crippen LogP contribution in [0.1, 0.15) is 35.2 Å². The second-order valence-corrected chi connectivity index (χ2v) is 4.69. The summed E-state index contributed by atoms with van der Waals surface area (Å²) in [7, 11) is 0. The van der Waals surface area contributed by atoms with E-state index in [0.717, 1.165) is 12.3 Å². The molecule has 0 heterocycles. The van der Waals surface area contributed by atoms with Gasteiger partial charge < -0.3 is 11.1 Å². The zero-order valence-electron chi connectivity index (χ0n) is 9.92. The Morgan fingerprint density at radius 2 is 2.24 bits per heavy atom. The van der Waals surface area contributed by atoms with Gasteiger partial charge in [-0.2, -0.15) is 0 Å². The van der Waals surface area contributed by atoms with Crippen LogP contribution in [0.2, 0.25) is 0 Å². The van der Waals surface area contributed by atoms with Gasteiger partial charge in [0.2, 0.25) is 0 Å². The first-order chi connectivity index (χ1) is 8.08. The molecule has 3 N–H and O–H groups in total. The van der Waals surface area contributed by atoms with Crippen molar-refractivity contribution in [3.05, 3.63) is 29.1 Å². The number of nitrogens with one attached hydrogen (secondary N) is 1. The number of nitrogen functional groups attached to an aromatic ring is 1. The van der Waals surface area contributed by atoms with Crippen molar-refractivity contribution in [1.29, 1.82) is 0 Å². The maximum Gasteiger partial charge on any atom is 0.254 e. The minimum atomic E-state index is -0.483. The fourth-order valence-corrected chi connectivity index (χ4v) is 1.85. The molecule has 0 aromatic heterocycles. The molecule has 1 saturated carbocycles. The van der Waals surface area contributed by atoms with Crippen LogP contribution in [0.15, 0.2) is 12.1 Å². The first-order valence-corrected chi connectivity index (χ1v) is 5.91. The van der Waals surface area contributed by atoms with Crippen LogP contribution < -0.4 is 11.1 Å². The first kappa shape index (κ1) is 11.9. The van der Waals surface area contributed by atoms with Gasteiger partial charge in [0.05, 0.1) is 5.56 Å². The number of anilines is 1. The molecule has 0 saturated heterocycles. The molecule has 0 atom stereocenters. The SMILES string of the molecule is Cc1cc(N)cc(C(=O)NCCC2CC2)c1F. The third-order valence-electron chi connectivity index (χ3n) is 3.06. The minimum Gasteiger partial charge on any atom is -0.399 e. The van der Waals surface area contributed by atoms with Crippen molar-refractivity contribution in [1.82, 2.24) is 5.32 Å². The molecule has 1 aromatic carbocycles. The quantitative estimate of drug-likeness (QED) is 0.788. The molecule has 1 aromatic rings. The van der Waals surface area contributed by atoms with Crippen molar-refractivity contribution >= 4 is 11.6 Å². The number of benzene rings is 1. The van der Waals surface area contributed by atoms with Gasteiger partial charge in [-0.15, -0.1) is 0 Å². The molecule has 0 bridgehead atoms. The Bertz CT molecular complexity index is 441. The number of amides is 1. The lowest BCUT2D eigenvalue weighted by atomic mass is 10.1. The average molecular weight is 236 g/mol.